The van der Waals surface area contributed by atoms with Gasteiger partial charge in [0.2, 0.25) is 5.91 Å². The van der Waals surface area contributed by atoms with E-state index in [2.05, 4.69) is 15.7 Å². The molecule has 0 aliphatic carbocycles. The predicted octanol–water partition coefficient (Wildman–Crippen LogP) is 1.61. The second kappa shape index (κ2) is 7.38. The molecule has 0 fully saturated rings. The second-order valence-electron chi connectivity index (χ2n) is 5.42. The molecule has 2 rings (SSSR count). The summed E-state index contributed by atoms with van der Waals surface area (Å²) >= 11 is 1.27. The number of aromatic nitrogens is 2. The van der Waals surface area contributed by atoms with Crippen molar-refractivity contribution in [2.24, 2.45) is 5.73 Å². The molecule has 2 amide bonds. The zero-order chi connectivity index (χ0) is 17.0. The van der Waals surface area contributed by atoms with Gasteiger partial charge >= 0.3 is 0 Å². The predicted molar refractivity (Wildman–Crippen MR) is 90.5 cm³/mol. The molecular weight excluding hydrogens is 314 g/mol. The Morgan fingerprint density at radius 1 is 1.35 bits per heavy atom. The smallest absolute Gasteiger partial charge is 0.251 e. The lowest BCUT2D eigenvalue weighted by Crippen LogP contribution is -2.45. The zero-order valence-electron chi connectivity index (χ0n) is 13.3. The fourth-order valence-corrected chi connectivity index (χ4v) is 2.98. The first kappa shape index (κ1) is 17.2. The first-order valence-electron chi connectivity index (χ1n) is 7.33. The average molecular weight is 335 g/mol. The Bertz CT molecular complexity index is 667. The molecule has 2 heterocycles. The van der Waals surface area contributed by atoms with Crippen molar-refractivity contribution in [1.29, 1.82) is 0 Å². The number of nitrogens with one attached hydrogen (secondary N) is 2. The summed E-state index contributed by atoms with van der Waals surface area (Å²) in [4.78, 5) is 23.6. The van der Waals surface area contributed by atoms with Crippen molar-refractivity contribution >= 4 is 28.2 Å². The molecule has 23 heavy (non-hydrogen) atoms. The molecule has 0 aromatic carbocycles. The Morgan fingerprint density at radius 3 is 2.70 bits per heavy atom. The van der Waals surface area contributed by atoms with Crippen LogP contribution in [0.5, 0.6) is 0 Å². The molecule has 124 valence electrons. The lowest BCUT2D eigenvalue weighted by atomic mass is 10.1. The van der Waals surface area contributed by atoms with Gasteiger partial charge in [-0.25, -0.2) is 0 Å². The minimum Gasteiger partial charge on any atom is -0.366 e. The van der Waals surface area contributed by atoms with Gasteiger partial charge in [-0.3, -0.25) is 14.3 Å². The van der Waals surface area contributed by atoms with E-state index in [4.69, 9.17) is 5.73 Å². The number of nitrogens with two attached hydrogens (primary N) is 1. The van der Waals surface area contributed by atoms with E-state index in [1.807, 2.05) is 30.8 Å². The van der Waals surface area contributed by atoms with Crippen molar-refractivity contribution in [3.05, 3.63) is 35.5 Å². The van der Waals surface area contributed by atoms with Crippen LogP contribution in [0.3, 0.4) is 0 Å². The Balaban J connectivity index is 1.94. The van der Waals surface area contributed by atoms with E-state index in [9.17, 15) is 9.59 Å². The molecule has 0 unspecified atom stereocenters. The van der Waals surface area contributed by atoms with Crippen molar-refractivity contribution in [1.82, 2.24) is 15.1 Å². The molecule has 2 aromatic heterocycles. The summed E-state index contributed by atoms with van der Waals surface area (Å²) in [7, 11) is 0. The van der Waals surface area contributed by atoms with Crippen LogP contribution >= 0.6 is 11.3 Å². The van der Waals surface area contributed by atoms with E-state index in [0.29, 0.717) is 10.6 Å². The Hall–Kier alpha value is -2.19. The number of carbonyl (C=O) groups is 2. The molecule has 0 saturated carbocycles. The van der Waals surface area contributed by atoms with Gasteiger partial charge in [0.25, 0.3) is 5.91 Å². The third kappa shape index (κ3) is 4.17. The van der Waals surface area contributed by atoms with Gasteiger partial charge in [0.1, 0.15) is 5.00 Å². The van der Waals surface area contributed by atoms with Gasteiger partial charge in [-0.05, 0) is 38.3 Å². The first-order chi connectivity index (χ1) is 10.9. The van der Waals surface area contributed by atoms with Crippen LogP contribution in [0.2, 0.25) is 0 Å². The Morgan fingerprint density at radius 2 is 2.09 bits per heavy atom. The third-order valence-electron chi connectivity index (χ3n) is 3.74. The molecule has 3 atom stereocenters. The Labute approximate surface area is 138 Å². The molecule has 8 heteroatoms. The maximum Gasteiger partial charge on any atom is 0.251 e. The molecule has 0 saturated heterocycles. The molecule has 0 spiro atoms. The van der Waals surface area contributed by atoms with Crippen molar-refractivity contribution in [2.45, 2.75) is 38.9 Å². The van der Waals surface area contributed by atoms with E-state index in [-0.39, 0.29) is 18.0 Å². The minimum absolute atomic E-state index is 0.0367. The quantitative estimate of drug-likeness (QED) is 0.715. The van der Waals surface area contributed by atoms with Gasteiger partial charge in [0, 0.05) is 18.4 Å². The summed E-state index contributed by atoms with van der Waals surface area (Å²) in [5, 5.41) is 12.4. The van der Waals surface area contributed by atoms with Gasteiger partial charge in [-0.15, -0.1) is 11.3 Å². The van der Waals surface area contributed by atoms with Crippen molar-refractivity contribution < 1.29 is 9.59 Å². The largest absolute Gasteiger partial charge is 0.366 e. The number of hydrogen-bond donors (Lipinski definition) is 3. The zero-order valence-corrected chi connectivity index (χ0v) is 14.1. The van der Waals surface area contributed by atoms with Gasteiger partial charge < -0.3 is 16.4 Å². The van der Waals surface area contributed by atoms with Crippen LogP contribution < -0.4 is 16.4 Å². The van der Waals surface area contributed by atoms with Crippen molar-refractivity contribution in [3.8, 4) is 0 Å². The summed E-state index contributed by atoms with van der Waals surface area (Å²) < 4.78 is 1.84. The molecule has 2 aromatic rings. The number of primary amides is 1. The van der Waals surface area contributed by atoms with Crippen LogP contribution in [0.25, 0.3) is 0 Å². The molecule has 0 radical (unpaired) electrons. The van der Waals surface area contributed by atoms with Gasteiger partial charge in [-0.2, -0.15) is 5.10 Å². The monoisotopic (exact) mass is 335 g/mol. The van der Waals surface area contributed by atoms with E-state index in [1.54, 1.807) is 24.6 Å². The second-order valence-corrected chi connectivity index (χ2v) is 6.34. The molecule has 7 nitrogen and oxygen atoms in total. The van der Waals surface area contributed by atoms with Gasteiger partial charge in [-0.1, -0.05) is 0 Å². The number of carbonyl (C=O) groups excluding carboxylic acids is 2. The highest BCUT2D eigenvalue weighted by atomic mass is 32.1. The SMILES string of the molecule is C[C@H](N[C@H](C)[C@@H](C)n1cccn1)C(=O)Nc1sccc1C(N)=O. The van der Waals surface area contributed by atoms with Crippen LogP contribution in [0, 0.1) is 0 Å². The van der Waals surface area contributed by atoms with Crippen LogP contribution in [0.4, 0.5) is 5.00 Å². The topological polar surface area (TPSA) is 102 Å². The summed E-state index contributed by atoms with van der Waals surface area (Å²) in [6.45, 7) is 5.80. The van der Waals surface area contributed by atoms with E-state index >= 15 is 0 Å². The standard InChI is InChI=1S/C15H21N5O2S/c1-9(11(3)20-7-4-6-17-20)18-10(2)14(22)19-15-12(13(16)21)5-8-23-15/h4-11,18H,1-3H3,(H2,16,21)(H,19,22)/t9-,10+,11-/m1/s1. The molecule has 0 aliphatic heterocycles. The lowest BCUT2D eigenvalue weighted by molar-refractivity contribution is -0.118. The molecule has 0 aliphatic rings. The summed E-state index contributed by atoms with van der Waals surface area (Å²) in [6.07, 6.45) is 3.61. The highest BCUT2D eigenvalue weighted by molar-refractivity contribution is 7.14. The summed E-state index contributed by atoms with van der Waals surface area (Å²) in [6, 6.07) is 3.17. The van der Waals surface area contributed by atoms with Crippen molar-refractivity contribution in [2.75, 3.05) is 5.32 Å². The number of nitrogens with zero attached hydrogens (tertiary/aromatic N) is 2. The lowest BCUT2D eigenvalue weighted by Gasteiger charge is -2.25. The minimum atomic E-state index is -0.553. The maximum absolute atomic E-state index is 12.3. The molecule has 0 bridgehead atoms. The van der Waals surface area contributed by atoms with Crippen LogP contribution in [0.15, 0.2) is 29.9 Å². The van der Waals surface area contributed by atoms with E-state index < -0.39 is 11.9 Å². The fourth-order valence-electron chi connectivity index (χ4n) is 2.18. The van der Waals surface area contributed by atoms with Crippen LogP contribution in [0.1, 0.15) is 37.2 Å². The first-order valence-corrected chi connectivity index (χ1v) is 8.21. The van der Waals surface area contributed by atoms with E-state index in [1.165, 1.54) is 11.3 Å². The number of rotatable bonds is 7. The average Bonchev–Trinajstić information content (AvgIpc) is 3.17. The van der Waals surface area contributed by atoms with Gasteiger partial charge in [0.05, 0.1) is 17.6 Å². The number of hydrogen-bond acceptors (Lipinski definition) is 5. The fraction of sp³-hybridized carbons (Fsp3) is 0.400. The summed E-state index contributed by atoms with van der Waals surface area (Å²) in [5.41, 5.74) is 5.60. The summed E-state index contributed by atoms with van der Waals surface area (Å²) in [5.74, 6) is -0.766. The number of amides is 2. The Kier molecular flexibility index (Phi) is 5.51. The van der Waals surface area contributed by atoms with Crippen LogP contribution in [-0.4, -0.2) is 33.7 Å². The molecule has 4 N–H and O–H groups in total. The van der Waals surface area contributed by atoms with Crippen molar-refractivity contribution in [3.63, 3.8) is 0 Å². The number of anilines is 1. The third-order valence-corrected chi connectivity index (χ3v) is 4.57. The maximum atomic E-state index is 12.3. The van der Waals surface area contributed by atoms with Gasteiger partial charge in [0.15, 0.2) is 0 Å². The highest BCUT2D eigenvalue weighted by Crippen LogP contribution is 2.22. The highest BCUT2D eigenvalue weighted by Gasteiger charge is 2.21. The van der Waals surface area contributed by atoms with E-state index in [0.717, 1.165) is 0 Å². The normalized spacial score (nSPS) is 14.9. The molecular formula is C15H21N5O2S. The van der Waals surface area contributed by atoms with Crippen LogP contribution in [-0.2, 0) is 4.79 Å². The number of thiophene rings is 1.